The van der Waals surface area contributed by atoms with Crippen molar-refractivity contribution in [2.24, 2.45) is 0 Å². The van der Waals surface area contributed by atoms with E-state index in [1.165, 1.54) is 4.90 Å². The number of benzene rings is 1. The zero-order valence-electron chi connectivity index (χ0n) is 9.88. The van der Waals surface area contributed by atoms with Crippen molar-refractivity contribution in [1.82, 2.24) is 0 Å². The van der Waals surface area contributed by atoms with Gasteiger partial charge in [-0.25, -0.2) is 0 Å². The van der Waals surface area contributed by atoms with Crippen LogP contribution < -0.4 is 0 Å². The van der Waals surface area contributed by atoms with Crippen molar-refractivity contribution >= 4 is 11.8 Å². The topological polar surface area (TPSA) is 20.2 Å². The zero-order chi connectivity index (χ0) is 12.1. The van der Waals surface area contributed by atoms with Gasteiger partial charge in [0.1, 0.15) is 0 Å². The smallest absolute Gasteiger partial charge is 0.0984 e. The molecule has 0 spiro atoms. The maximum Gasteiger partial charge on any atom is 0.0984 e. The molecule has 2 atom stereocenters. The molecule has 1 nitrogen and oxygen atoms in total. The van der Waals surface area contributed by atoms with Gasteiger partial charge in [-0.2, -0.15) is 0 Å². The van der Waals surface area contributed by atoms with Gasteiger partial charge < -0.3 is 5.11 Å². The Morgan fingerprint density at radius 2 is 2.12 bits per heavy atom. The molecular formula is C15H18OS. The van der Waals surface area contributed by atoms with Crippen LogP contribution in [0.15, 0.2) is 60.0 Å². The first-order valence-electron chi connectivity index (χ1n) is 5.99. The van der Waals surface area contributed by atoms with Gasteiger partial charge in [0.25, 0.3) is 0 Å². The summed E-state index contributed by atoms with van der Waals surface area (Å²) in [6.45, 7) is 3.86. The van der Waals surface area contributed by atoms with E-state index < -0.39 is 5.60 Å². The normalized spacial score (nSPS) is 25.5. The molecule has 2 heteroatoms. The first-order valence-corrected chi connectivity index (χ1v) is 6.87. The fraction of sp³-hybridized carbons (Fsp3) is 0.333. The maximum absolute atomic E-state index is 10.6. The Morgan fingerprint density at radius 1 is 1.35 bits per heavy atom. The summed E-state index contributed by atoms with van der Waals surface area (Å²) in [6, 6.07) is 10.2. The van der Waals surface area contributed by atoms with Crippen LogP contribution in [0.25, 0.3) is 0 Å². The second-order valence-electron chi connectivity index (χ2n) is 4.37. The third kappa shape index (κ3) is 3.02. The highest BCUT2D eigenvalue weighted by Crippen LogP contribution is 2.36. The van der Waals surface area contributed by atoms with Crippen molar-refractivity contribution in [3.63, 3.8) is 0 Å². The molecule has 1 aromatic rings. The van der Waals surface area contributed by atoms with Crippen LogP contribution in [0, 0.1) is 0 Å². The van der Waals surface area contributed by atoms with Gasteiger partial charge in [-0.1, -0.05) is 36.4 Å². The molecule has 0 aliphatic heterocycles. The standard InChI is InChI=1S/C15H18OS/c1-2-14(15(16)11-7-4-8-12-15)17-13-9-5-3-6-10-13/h2-3,5-7,9-11,14,16H,1,4,8,12H2. The van der Waals surface area contributed by atoms with Crippen LogP contribution >= 0.6 is 11.8 Å². The van der Waals surface area contributed by atoms with E-state index in [2.05, 4.69) is 24.8 Å². The summed E-state index contributed by atoms with van der Waals surface area (Å²) in [7, 11) is 0. The Morgan fingerprint density at radius 3 is 2.71 bits per heavy atom. The number of hydrogen-bond donors (Lipinski definition) is 1. The third-order valence-corrected chi connectivity index (χ3v) is 4.47. The second kappa shape index (κ2) is 5.56. The molecule has 2 rings (SSSR count). The Bertz CT molecular complexity index is 399. The highest BCUT2D eigenvalue weighted by Gasteiger charge is 2.33. The largest absolute Gasteiger partial charge is 0.384 e. The van der Waals surface area contributed by atoms with Gasteiger partial charge in [0.2, 0.25) is 0 Å². The molecule has 0 heterocycles. The van der Waals surface area contributed by atoms with Crippen molar-refractivity contribution < 1.29 is 5.11 Å². The lowest BCUT2D eigenvalue weighted by molar-refractivity contribution is 0.0831. The predicted octanol–water partition coefficient (Wildman–Crippen LogP) is 3.80. The van der Waals surface area contributed by atoms with Gasteiger partial charge in [0, 0.05) is 4.90 Å². The molecule has 17 heavy (non-hydrogen) atoms. The van der Waals surface area contributed by atoms with Gasteiger partial charge in [-0.3, -0.25) is 0 Å². The minimum Gasteiger partial charge on any atom is -0.384 e. The lowest BCUT2D eigenvalue weighted by Gasteiger charge is -2.33. The van der Waals surface area contributed by atoms with Crippen molar-refractivity contribution in [1.29, 1.82) is 0 Å². The van der Waals surface area contributed by atoms with E-state index in [4.69, 9.17) is 0 Å². The summed E-state index contributed by atoms with van der Waals surface area (Å²) in [5.74, 6) is 0. The first kappa shape index (κ1) is 12.5. The Balaban J connectivity index is 2.14. The minimum atomic E-state index is -0.736. The van der Waals surface area contributed by atoms with Gasteiger partial charge in [-0.05, 0) is 31.4 Å². The fourth-order valence-electron chi connectivity index (χ4n) is 2.11. The molecule has 0 amide bonds. The van der Waals surface area contributed by atoms with Crippen LogP contribution in [0.4, 0.5) is 0 Å². The van der Waals surface area contributed by atoms with Crippen LogP contribution in [0.5, 0.6) is 0 Å². The molecule has 0 saturated heterocycles. The molecule has 0 fully saturated rings. The maximum atomic E-state index is 10.6. The summed E-state index contributed by atoms with van der Waals surface area (Å²) >= 11 is 1.67. The van der Waals surface area contributed by atoms with E-state index in [1.54, 1.807) is 11.8 Å². The number of hydrogen-bond acceptors (Lipinski definition) is 2. The quantitative estimate of drug-likeness (QED) is 0.644. The summed E-state index contributed by atoms with van der Waals surface area (Å²) in [5, 5.41) is 10.6. The number of thioether (sulfide) groups is 1. The number of rotatable bonds is 4. The lowest BCUT2D eigenvalue weighted by atomic mass is 9.88. The second-order valence-corrected chi connectivity index (χ2v) is 5.59. The summed E-state index contributed by atoms with van der Waals surface area (Å²) in [5.41, 5.74) is -0.736. The highest BCUT2D eigenvalue weighted by molar-refractivity contribution is 8.00. The molecule has 1 aliphatic rings. The Hall–Kier alpha value is -0.990. The van der Waals surface area contributed by atoms with Crippen molar-refractivity contribution in [3.05, 3.63) is 55.1 Å². The zero-order valence-corrected chi connectivity index (χ0v) is 10.7. The molecule has 1 aliphatic carbocycles. The van der Waals surface area contributed by atoms with Gasteiger partial charge in [-0.15, -0.1) is 18.3 Å². The molecule has 2 unspecified atom stereocenters. The van der Waals surface area contributed by atoms with E-state index in [1.807, 2.05) is 30.4 Å². The molecule has 0 aromatic heterocycles. The van der Waals surface area contributed by atoms with E-state index in [-0.39, 0.29) is 5.25 Å². The van der Waals surface area contributed by atoms with Gasteiger partial charge >= 0.3 is 0 Å². The first-order chi connectivity index (χ1) is 8.24. The van der Waals surface area contributed by atoms with E-state index >= 15 is 0 Å². The van der Waals surface area contributed by atoms with Gasteiger partial charge in [0.05, 0.1) is 10.9 Å². The monoisotopic (exact) mass is 246 g/mol. The highest BCUT2D eigenvalue weighted by atomic mass is 32.2. The summed E-state index contributed by atoms with van der Waals surface area (Å²) in [4.78, 5) is 1.17. The SMILES string of the molecule is C=CC(Sc1ccccc1)C1(O)C=CCCC1. The van der Waals surface area contributed by atoms with Crippen LogP contribution in [0.2, 0.25) is 0 Å². The Labute approximate surface area is 107 Å². The number of aliphatic hydroxyl groups is 1. The number of allylic oxidation sites excluding steroid dienone is 1. The summed E-state index contributed by atoms with van der Waals surface area (Å²) in [6.07, 6.45) is 8.81. The molecule has 0 bridgehead atoms. The molecule has 0 radical (unpaired) electrons. The molecular weight excluding hydrogens is 228 g/mol. The van der Waals surface area contributed by atoms with Crippen LogP contribution in [0.3, 0.4) is 0 Å². The minimum absolute atomic E-state index is 0.0152. The van der Waals surface area contributed by atoms with Gasteiger partial charge in [0.15, 0.2) is 0 Å². The molecule has 1 aromatic carbocycles. The van der Waals surface area contributed by atoms with Crippen LogP contribution in [-0.4, -0.2) is 16.0 Å². The van der Waals surface area contributed by atoms with Crippen LogP contribution in [0.1, 0.15) is 19.3 Å². The average Bonchev–Trinajstić information content (AvgIpc) is 2.38. The van der Waals surface area contributed by atoms with Crippen molar-refractivity contribution in [2.75, 3.05) is 0 Å². The van der Waals surface area contributed by atoms with Crippen molar-refractivity contribution in [3.8, 4) is 0 Å². The molecule has 90 valence electrons. The average molecular weight is 246 g/mol. The van der Waals surface area contributed by atoms with Crippen LogP contribution in [-0.2, 0) is 0 Å². The fourth-order valence-corrected chi connectivity index (χ4v) is 3.22. The van der Waals surface area contributed by atoms with E-state index in [0.717, 1.165) is 19.3 Å². The van der Waals surface area contributed by atoms with E-state index in [9.17, 15) is 5.11 Å². The van der Waals surface area contributed by atoms with Crippen molar-refractivity contribution in [2.45, 2.75) is 35.0 Å². The molecule has 1 N–H and O–H groups in total. The summed E-state index contributed by atoms with van der Waals surface area (Å²) < 4.78 is 0. The molecule has 0 saturated carbocycles. The third-order valence-electron chi connectivity index (χ3n) is 3.07. The predicted molar refractivity (Wildman–Crippen MR) is 74.2 cm³/mol. The Kier molecular flexibility index (Phi) is 4.08. The lowest BCUT2D eigenvalue weighted by Crippen LogP contribution is -2.38. The van der Waals surface area contributed by atoms with E-state index in [0.29, 0.717) is 0 Å².